The number of carbonyl (C=O) groups excluding carboxylic acids is 1. The second kappa shape index (κ2) is 5.29. The van der Waals surface area contributed by atoms with Crippen molar-refractivity contribution in [1.29, 1.82) is 0 Å². The van der Waals surface area contributed by atoms with Gasteiger partial charge in [-0.1, -0.05) is 19.1 Å². The van der Waals surface area contributed by atoms with Crippen molar-refractivity contribution in [3.8, 4) is 0 Å². The Bertz CT molecular complexity index is 628. The minimum absolute atomic E-state index is 0.154. The van der Waals surface area contributed by atoms with Gasteiger partial charge in [-0.15, -0.1) is 0 Å². The van der Waals surface area contributed by atoms with Crippen molar-refractivity contribution in [2.24, 2.45) is 11.7 Å². The summed E-state index contributed by atoms with van der Waals surface area (Å²) in [6, 6.07) is 9.19. The van der Waals surface area contributed by atoms with Crippen LogP contribution in [0.25, 0.3) is 10.9 Å². The van der Waals surface area contributed by atoms with Gasteiger partial charge in [-0.05, 0) is 30.5 Å². The Morgan fingerprint density at radius 3 is 2.95 bits per heavy atom. The summed E-state index contributed by atoms with van der Waals surface area (Å²) in [5.41, 5.74) is 7.85. The molecule has 0 spiro atoms. The average molecular weight is 271 g/mol. The van der Waals surface area contributed by atoms with E-state index in [1.54, 1.807) is 0 Å². The summed E-state index contributed by atoms with van der Waals surface area (Å²) in [4.78, 5) is 11.2. The lowest BCUT2D eigenvalue weighted by atomic mass is 10.1. The maximum atomic E-state index is 11.2. The molecular weight excluding hydrogens is 250 g/mol. The van der Waals surface area contributed by atoms with E-state index in [-0.39, 0.29) is 11.8 Å². The molecule has 4 heteroatoms. The second-order valence-corrected chi connectivity index (χ2v) is 5.78. The molecule has 1 aromatic carbocycles. The van der Waals surface area contributed by atoms with Gasteiger partial charge in [0.2, 0.25) is 5.91 Å². The van der Waals surface area contributed by atoms with Crippen LogP contribution in [0.4, 0.5) is 0 Å². The quantitative estimate of drug-likeness (QED) is 0.844. The molecule has 0 radical (unpaired) electrons. The summed E-state index contributed by atoms with van der Waals surface area (Å²) in [5, 5.41) is 4.81. The zero-order valence-electron chi connectivity index (χ0n) is 11.8. The van der Waals surface area contributed by atoms with Gasteiger partial charge in [0.05, 0.1) is 5.92 Å². The van der Waals surface area contributed by atoms with E-state index in [4.69, 9.17) is 5.73 Å². The van der Waals surface area contributed by atoms with Gasteiger partial charge in [0, 0.05) is 36.2 Å². The Labute approximate surface area is 118 Å². The number of nitrogens with two attached hydrogens (primary N) is 1. The van der Waals surface area contributed by atoms with Gasteiger partial charge in [-0.25, -0.2) is 0 Å². The number of hydrogen-bond donors (Lipinski definition) is 2. The highest BCUT2D eigenvalue weighted by atomic mass is 16.1. The topological polar surface area (TPSA) is 60.1 Å². The predicted molar refractivity (Wildman–Crippen MR) is 80.2 cm³/mol. The number of rotatable bonds is 6. The highest BCUT2D eigenvalue weighted by Crippen LogP contribution is 2.24. The molecule has 20 heavy (non-hydrogen) atoms. The third-order valence-electron chi connectivity index (χ3n) is 4.02. The number of benzene rings is 1. The van der Waals surface area contributed by atoms with Crippen molar-refractivity contribution in [3.63, 3.8) is 0 Å². The minimum atomic E-state index is -0.251. The largest absolute Gasteiger partial charge is 0.369 e. The van der Waals surface area contributed by atoms with Crippen LogP contribution in [0.5, 0.6) is 0 Å². The molecule has 0 aliphatic heterocycles. The summed E-state index contributed by atoms with van der Waals surface area (Å²) < 4.78 is 2.12. The fourth-order valence-corrected chi connectivity index (χ4v) is 2.53. The number of hydrogen-bond acceptors (Lipinski definition) is 2. The SMILES string of the molecule is CC(Cn1ccc2c(CNC3CC3)cccc21)C(N)=O. The lowest BCUT2D eigenvalue weighted by molar-refractivity contribution is -0.121. The zero-order chi connectivity index (χ0) is 14.1. The van der Waals surface area contributed by atoms with E-state index in [9.17, 15) is 4.79 Å². The molecule has 1 aliphatic carbocycles. The van der Waals surface area contributed by atoms with Crippen LogP contribution in [-0.4, -0.2) is 16.5 Å². The molecule has 4 nitrogen and oxygen atoms in total. The Kier molecular flexibility index (Phi) is 3.49. The van der Waals surface area contributed by atoms with E-state index in [0.29, 0.717) is 12.6 Å². The Morgan fingerprint density at radius 1 is 1.45 bits per heavy atom. The van der Waals surface area contributed by atoms with Crippen LogP contribution in [0, 0.1) is 5.92 Å². The Hall–Kier alpha value is -1.81. The van der Waals surface area contributed by atoms with Crippen molar-refractivity contribution in [3.05, 3.63) is 36.0 Å². The van der Waals surface area contributed by atoms with Crippen molar-refractivity contribution in [1.82, 2.24) is 9.88 Å². The molecule has 0 bridgehead atoms. The van der Waals surface area contributed by atoms with Crippen LogP contribution in [0.15, 0.2) is 30.5 Å². The molecule has 1 aromatic heterocycles. The first kappa shape index (κ1) is 13.2. The third-order valence-corrected chi connectivity index (χ3v) is 4.02. The van der Waals surface area contributed by atoms with E-state index in [2.05, 4.69) is 34.1 Å². The smallest absolute Gasteiger partial charge is 0.222 e. The van der Waals surface area contributed by atoms with Crippen LogP contribution in [0.2, 0.25) is 0 Å². The summed E-state index contributed by atoms with van der Waals surface area (Å²) in [6.45, 7) is 3.42. The van der Waals surface area contributed by atoms with Gasteiger partial charge in [0.25, 0.3) is 0 Å². The van der Waals surface area contributed by atoms with Crippen molar-refractivity contribution in [2.75, 3.05) is 0 Å². The predicted octanol–water partition coefficient (Wildman–Crippen LogP) is 2.01. The fourth-order valence-electron chi connectivity index (χ4n) is 2.53. The molecule has 106 valence electrons. The van der Waals surface area contributed by atoms with Gasteiger partial charge >= 0.3 is 0 Å². The first-order valence-electron chi connectivity index (χ1n) is 7.24. The number of aromatic nitrogens is 1. The summed E-state index contributed by atoms with van der Waals surface area (Å²) in [7, 11) is 0. The van der Waals surface area contributed by atoms with Crippen LogP contribution >= 0.6 is 0 Å². The number of carbonyl (C=O) groups is 1. The average Bonchev–Trinajstić information content (AvgIpc) is 3.17. The first-order valence-corrected chi connectivity index (χ1v) is 7.24. The molecule has 1 unspecified atom stereocenters. The number of fused-ring (bicyclic) bond motifs is 1. The Balaban J connectivity index is 1.84. The van der Waals surface area contributed by atoms with Crippen LogP contribution in [0.1, 0.15) is 25.3 Å². The Morgan fingerprint density at radius 2 is 2.25 bits per heavy atom. The van der Waals surface area contributed by atoms with Crippen LogP contribution in [-0.2, 0) is 17.9 Å². The van der Waals surface area contributed by atoms with E-state index in [1.165, 1.54) is 29.3 Å². The van der Waals surface area contributed by atoms with Crippen molar-refractivity contribution < 1.29 is 4.79 Å². The maximum absolute atomic E-state index is 11.2. The molecule has 1 atom stereocenters. The van der Waals surface area contributed by atoms with E-state index in [1.807, 2.05) is 13.1 Å². The van der Waals surface area contributed by atoms with E-state index >= 15 is 0 Å². The van der Waals surface area contributed by atoms with Gasteiger partial charge < -0.3 is 15.6 Å². The summed E-state index contributed by atoms with van der Waals surface area (Å²) >= 11 is 0. The van der Waals surface area contributed by atoms with Crippen molar-refractivity contribution >= 4 is 16.8 Å². The number of nitrogens with one attached hydrogen (secondary N) is 1. The highest BCUT2D eigenvalue weighted by Gasteiger charge is 2.20. The highest BCUT2D eigenvalue weighted by molar-refractivity contribution is 5.84. The van der Waals surface area contributed by atoms with E-state index in [0.717, 1.165) is 6.54 Å². The molecule has 1 amide bonds. The van der Waals surface area contributed by atoms with Gasteiger partial charge in [0.1, 0.15) is 0 Å². The van der Waals surface area contributed by atoms with Crippen LogP contribution < -0.4 is 11.1 Å². The third kappa shape index (κ3) is 2.70. The molecule has 3 N–H and O–H groups in total. The maximum Gasteiger partial charge on any atom is 0.222 e. The summed E-state index contributed by atoms with van der Waals surface area (Å²) in [5.74, 6) is -0.405. The first-order chi connectivity index (χ1) is 9.65. The standard InChI is InChI=1S/C16H21N3O/c1-11(16(17)20)10-19-8-7-14-12(3-2-4-15(14)19)9-18-13-5-6-13/h2-4,7-8,11,13,18H,5-6,9-10H2,1H3,(H2,17,20). The summed E-state index contributed by atoms with van der Waals surface area (Å²) in [6.07, 6.45) is 4.64. The fraction of sp³-hybridized carbons (Fsp3) is 0.438. The molecule has 1 fully saturated rings. The minimum Gasteiger partial charge on any atom is -0.369 e. The molecule has 1 heterocycles. The molecule has 1 aliphatic rings. The van der Waals surface area contributed by atoms with Gasteiger partial charge in [0.15, 0.2) is 0 Å². The van der Waals surface area contributed by atoms with Crippen molar-refractivity contribution in [2.45, 2.75) is 38.9 Å². The zero-order valence-corrected chi connectivity index (χ0v) is 11.8. The van der Waals surface area contributed by atoms with Gasteiger partial charge in [-0.2, -0.15) is 0 Å². The lowest BCUT2D eigenvalue weighted by Gasteiger charge is -2.11. The number of nitrogens with zero attached hydrogens (tertiary/aromatic N) is 1. The molecule has 0 saturated heterocycles. The van der Waals surface area contributed by atoms with Gasteiger partial charge in [-0.3, -0.25) is 4.79 Å². The normalized spacial score (nSPS) is 16.4. The lowest BCUT2D eigenvalue weighted by Crippen LogP contribution is -2.24. The van der Waals surface area contributed by atoms with Crippen LogP contribution in [0.3, 0.4) is 0 Å². The molecule has 2 aromatic rings. The van der Waals surface area contributed by atoms with E-state index < -0.39 is 0 Å². The number of amides is 1. The monoisotopic (exact) mass is 271 g/mol. The second-order valence-electron chi connectivity index (χ2n) is 5.78. The number of primary amides is 1. The molecule has 3 rings (SSSR count). The molecule has 1 saturated carbocycles. The molecular formula is C16H21N3O.